The minimum atomic E-state index is -0.255. The predicted molar refractivity (Wildman–Crippen MR) is 69.7 cm³/mol. The van der Waals surface area contributed by atoms with Gasteiger partial charge in [-0.15, -0.1) is 0 Å². The van der Waals surface area contributed by atoms with Crippen molar-refractivity contribution in [2.24, 2.45) is 5.73 Å². The number of nitrogens with two attached hydrogens (primary N) is 1. The second-order valence-electron chi connectivity index (χ2n) is 4.86. The Morgan fingerprint density at radius 3 is 2.41 bits per heavy atom. The number of benzene rings is 1. The summed E-state index contributed by atoms with van der Waals surface area (Å²) >= 11 is 0. The van der Waals surface area contributed by atoms with Crippen molar-refractivity contribution < 1.29 is 4.39 Å². The summed E-state index contributed by atoms with van der Waals surface area (Å²) in [5, 5.41) is 0. The number of hydrogen-bond acceptors (Lipinski definition) is 2. The molecule has 2 nitrogen and oxygen atoms in total. The number of anilines is 1. The SMILES string of the molecule is C[C@@H](N)c1c(F)cccc1N1CCCCCC1. The van der Waals surface area contributed by atoms with Crippen molar-refractivity contribution in [1.82, 2.24) is 0 Å². The van der Waals surface area contributed by atoms with E-state index in [0.29, 0.717) is 5.56 Å². The third-order valence-corrected chi connectivity index (χ3v) is 3.43. The van der Waals surface area contributed by atoms with E-state index in [0.717, 1.165) is 18.8 Å². The molecule has 0 amide bonds. The predicted octanol–water partition coefficient (Wildman–Crippen LogP) is 3.23. The van der Waals surface area contributed by atoms with Crippen LogP contribution in [0.15, 0.2) is 18.2 Å². The molecule has 0 spiro atoms. The molecule has 1 aromatic rings. The second-order valence-corrected chi connectivity index (χ2v) is 4.86. The summed E-state index contributed by atoms with van der Waals surface area (Å²) in [6.07, 6.45) is 4.93. The van der Waals surface area contributed by atoms with Crippen molar-refractivity contribution in [2.75, 3.05) is 18.0 Å². The number of halogens is 1. The normalized spacial score (nSPS) is 18.9. The van der Waals surface area contributed by atoms with E-state index in [1.807, 2.05) is 13.0 Å². The Labute approximate surface area is 103 Å². The molecule has 1 aromatic carbocycles. The van der Waals surface area contributed by atoms with Crippen molar-refractivity contribution in [2.45, 2.75) is 38.6 Å². The molecule has 17 heavy (non-hydrogen) atoms. The molecule has 0 aromatic heterocycles. The van der Waals surface area contributed by atoms with Crippen molar-refractivity contribution in [3.63, 3.8) is 0 Å². The largest absolute Gasteiger partial charge is 0.371 e. The van der Waals surface area contributed by atoms with Gasteiger partial charge in [0.1, 0.15) is 5.82 Å². The fourth-order valence-electron chi connectivity index (χ4n) is 2.56. The van der Waals surface area contributed by atoms with Crippen LogP contribution in [0.4, 0.5) is 10.1 Å². The zero-order chi connectivity index (χ0) is 12.3. The van der Waals surface area contributed by atoms with Crippen molar-refractivity contribution >= 4 is 5.69 Å². The van der Waals surface area contributed by atoms with Crippen LogP contribution in [0.5, 0.6) is 0 Å². The maximum atomic E-state index is 13.9. The smallest absolute Gasteiger partial charge is 0.130 e. The summed E-state index contributed by atoms with van der Waals surface area (Å²) < 4.78 is 13.9. The Hall–Kier alpha value is -1.09. The lowest BCUT2D eigenvalue weighted by Crippen LogP contribution is -2.26. The van der Waals surface area contributed by atoms with Crippen LogP contribution in [-0.2, 0) is 0 Å². The Balaban J connectivity index is 2.32. The lowest BCUT2D eigenvalue weighted by molar-refractivity contribution is 0.591. The van der Waals surface area contributed by atoms with E-state index in [9.17, 15) is 4.39 Å². The number of rotatable bonds is 2. The van der Waals surface area contributed by atoms with Gasteiger partial charge in [-0.25, -0.2) is 4.39 Å². The first kappa shape index (κ1) is 12.4. The maximum absolute atomic E-state index is 13.9. The van der Waals surface area contributed by atoms with Gasteiger partial charge in [-0.05, 0) is 31.9 Å². The van der Waals surface area contributed by atoms with Crippen LogP contribution in [0.1, 0.15) is 44.2 Å². The molecule has 1 fully saturated rings. The third-order valence-electron chi connectivity index (χ3n) is 3.43. The average molecular weight is 236 g/mol. The van der Waals surface area contributed by atoms with Gasteiger partial charge < -0.3 is 10.6 Å². The van der Waals surface area contributed by atoms with Gasteiger partial charge in [-0.3, -0.25) is 0 Å². The highest BCUT2D eigenvalue weighted by molar-refractivity contribution is 5.55. The lowest BCUT2D eigenvalue weighted by Gasteiger charge is -2.27. The molecule has 0 radical (unpaired) electrons. The molecule has 1 heterocycles. The van der Waals surface area contributed by atoms with E-state index in [4.69, 9.17) is 5.73 Å². The summed E-state index contributed by atoms with van der Waals surface area (Å²) in [5.41, 5.74) is 7.54. The molecule has 0 aliphatic carbocycles. The van der Waals surface area contributed by atoms with Crippen LogP contribution in [0, 0.1) is 5.82 Å². The molecule has 0 saturated carbocycles. The van der Waals surface area contributed by atoms with Crippen LogP contribution in [0.2, 0.25) is 0 Å². The van der Waals surface area contributed by atoms with E-state index >= 15 is 0 Å². The van der Waals surface area contributed by atoms with E-state index in [1.165, 1.54) is 31.7 Å². The number of nitrogens with zero attached hydrogens (tertiary/aromatic N) is 1. The maximum Gasteiger partial charge on any atom is 0.130 e. The van der Waals surface area contributed by atoms with Gasteiger partial charge in [-0.2, -0.15) is 0 Å². The lowest BCUT2D eigenvalue weighted by atomic mass is 10.0. The topological polar surface area (TPSA) is 29.3 Å². The van der Waals surface area contributed by atoms with Crippen molar-refractivity contribution in [1.29, 1.82) is 0 Å². The highest BCUT2D eigenvalue weighted by Gasteiger charge is 2.18. The standard InChI is InChI=1S/C14H21FN2/c1-11(16)14-12(15)7-6-8-13(14)17-9-4-2-3-5-10-17/h6-8,11H,2-5,9-10,16H2,1H3/t11-/m1/s1. The molecule has 3 heteroatoms. The Kier molecular flexibility index (Phi) is 4.00. The van der Waals surface area contributed by atoms with Gasteiger partial charge in [0.05, 0.1) is 0 Å². The Morgan fingerprint density at radius 1 is 1.18 bits per heavy atom. The minimum absolute atomic E-state index is 0.179. The number of hydrogen-bond donors (Lipinski definition) is 1. The van der Waals surface area contributed by atoms with E-state index in [-0.39, 0.29) is 11.9 Å². The molecule has 94 valence electrons. The minimum Gasteiger partial charge on any atom is -0.371 e. The molecular weight excluding hydrogens is 215 g/mol. The molecular formula is C14H21FN2. The first-order chi connectivity index (χ1) is 8.20. The Bertz CT molecular complexity index is 368. The van der Waals surface area contributed by atoms with E-state index in [2.05, 4.69) is 4.90 Å². The van der Waals surface area contributed by atoms with E-state index in [1.54, 1.807) is 6.07 Å². The molecule has 1 atom stereocenters. The fraction of sp³-hybridized carbons (Fsp3) is 0.571. The summed E-state index contributed by atoms with van der Waals surface area (Å²) in [5.74, 6) is -0.179. The zero-order valence-corrected chi connectivity index (χ0v) is 10.5. The molecule has 1 saturated heterocycles. The Morgan fingerprint density at radius 2 is 1.82 bits per heavy atom. The molecule has 2 rings (SSSR count). The quantitative estimate of drug-likeness (QED) is 0.854. The van der Waals surface area contributed by atoms with Gasteiger partial charge in [-0.1, -0.05) is 18.9 Å². The molecule has 0 bridgehead atoms. The summed E-state index contributed by atoms with van der Waals surface area (Å²) in [7, 11) is 0. The van der Waals surface area contributed by atoms with Crippen LogP contribution in [-0.4, -0.2) is 13.1 Å². The van der Waals surface area contributed by atoms with Gasteiger partial charge in [0.15, 0.2) is 0 Å². The summed E-state index contributed by atoms with van der Waals surface area (Å²) in [4.78, 5) is 2.29. The molecule has 2 N–H and O–H groups in total. The first-order valence-corrected chi connectivity index (χ1v) is 6.49. The molecule has 1 aliphatic rings. The molecule has 0 unspecified atom stereocenters. The van der Waals surface area contributed by atoms with Gasteiger partial charge >= 0.3 is 0 Å². The van der Waals surface area contributed by atoms with Gasteiger partial charge in [0, 0.05) is 30.4 Å². The third kappa shape index (κ3) is 2.78. The summed E-state index contributed by atoms with van der Waals surface area (Å²) in [6.45, 7) is 3.88. The monoisotopic (exact) mass is 236 g/mol. The fourth-order valence-corrected chi connectivity index (χ4v) is 2.56. The van der Waals surface area contributed by atoms with Gasteiger partial charge in [0.2, 0.25) is 0 Å². The van der Waals surface area contributed by atoms with E-state index < -0.39 is 0 Å². The zero-order valence-electron chi connectivity index (χ0n) is 10.5. The average Bonchev–Trinajstić information content (AvgIpc) is 2.56. The highest BCUT2D eigenvalue weighted by Crippen LogP contribution is 2.29. The first-order valence-electron chi connectivity index (χ1n) is 6.49. The van der Waals surface area contributed by atoms with Crippen molar-refractivity contribution in [3.05, 3.63) is 29.6 Å². The van der Waals surface area contributed by atoms with Gasteiger partial charge in [0.25, 0.3) is 0 Å². The van der Waals surface area contributed by atoms with Crippen molar-refractivity contribution in [3.8, 4) is 0 Å². The highest BCUT2D eigenvalue weighted by atomic mass is 19.1. The van der Waals surface area contributed by atoms with Crippen LogP contribution in [0.3, 0.4) is 0 Å². The van der Waals surface area contributed by atoms with Crippen LogP contribution >= 0.6 is 0 Å². The second kappa shape index (κ2) is 5.50. The van der Waals surface area contributed by atoms with Crippen LogP contribution < -0.4 is 10.6 Å². The molecule has 1 aliphatic heterocycles. The summed E-state index contributed by atoms with van der Waals surface area (Å²) in [6, 6.07) is 5.02. The van der Waals surface area contributed by atoms with Crippen LogP contribution in [0.25, 0.3) is 0 Å².